The van der Waals surface area contributed by atoms with Crippen LogP contribution in [0.1, 0.15) is 19.6 Å². The molecule has 3 aromatic rings. The van der Waals surface area contributed by atoms with Crippen molar-refractivity contribution < 1.29 is 46.1 Å². The summed E-state index contributed by atoms with van der Waals surface area (Å²) in [5.74, 6) is -1.71. The average Bonchev–Trinajstić information content (AvgIpc) is 2.85. The van der Waals surface area contributed by atoms with E-state index in [4.69, 9.17) is 28.1 Å². The molecule has 36 heavy (non-hydrogen) atoms. The molecule has 0 N–H and O–H groups in total. The average molecular weight is 510 g/mol. The number of esters is 1. The van der Waals surface area contributed by atoms with Crippen LogP contribution in [0.5, 0.6) is 17.2 Å². The highest BCUT2D eigenvalue weighted by atomic mass is 19.4. The van der Waals surface area contributed by atoms with Crippen LogP contribution in [0.2, 0.25) is 0 Å². The quantitative estimate of drug-likeness (QED) is 0.283. The summed E-state index contributed by atoms with van der Waals surface area (Å²) in [5, 5.41) is -0.105. The number of rotatable bonds is 10. The van der Waals surface area contributed by atoms with Gasteiger partial charge in [0.2, 0.25) is 11.2 Å². The molecular weight excluding hydrogens is 485 g/mol. The molecule has 11 heteroatoms. The summed E-state index contributed by atoms with van der Waals surface area (Å²) in [6, 6.07) is 7.72. The molecule has 194 valence electrons. The molecule has 8 nitrogen and oxygen atoms in total. The molecule has 0 aliphatic carbocycles. The third-order valence-corrected chi connectivity index (χ3v) is 5.11. The van der Waals surface area contributed by atoms with Crippen LogP contribution in [0.4, 0.5) is 13.2 Å². The Labute approximate surface area is 204 Å². The van der Waals surface area contributed by atoms with Gasteiger partial charge >= 0.3 is 12.1 Å². The number of hydrogen-bond acceptors (Lipinski definition) is 8. The molecule has 0 aliphatic heterocycles. The zero-order valence-corrected chi connectivity index (χ0v) is 20.1. The molecule has 1 unspecified atom stereocenters. The maximum atomic E-state index is 14.0. The molecule has 2 aromatic carbocycles. The zero-order valence-electron chi connectivity index (χ0n) is 20.1. The van der Waals surface area contributed by atoms with E-state index < -0.39 is 35.0 Å². The summed E-state index contributed by atoms with van der Waals surface area (Å²) < 4.78 is 73.0. The lowest BCUT2D eigenvalue weighted by atomic mass is 10.0. The Kier molecular flexibility index (Phi) is 8.46. The molecule has 0 spiro atoms. The number of alkyl halides is 3. The topological polar surface area (TPSA) is 93.4 Å². The highest BCUT2D eigenvalue weighted by Gasteiger charge is 2.39. The number of carbonyl (C=O) groups excluding carboxylic acids is 1. The second-order valence-corrected chi connectivity index (χ2v) is 7.49. The minimum Gasteiger partial charge on any atom is -0.493 e. The van der Waals surface area contributed by atoms with Crippen molar-refractivity contribution in [1.29, 1.82) is 0 Å². The van der Waals surface area contributed by atoms with Gasteiger partial charge in [-0.25, -0.2) is 4.79 Å². The SMILES string of the molecule is CCOCCOC(=O)C(C)Oc1ccc2c(=O)c(-c3ccc(OC)c(OC)c3)c(C(F)(F)F)oc2c1. The van der Waals surface area contributed by atoms with Gasteiger partial charge < -0.3 is 28.1 Å². The fraction of sp³-hybridized carbons (Fsp3) is 0.360. The van der Waals surface area contributed by atoms with E-state index in [0.29, 0.717) is 6.61 Å². The van der Waals surface area contributed by atoms with Gasteiger partial charge in [0.15, 0.2) is 17.6 Å². The molecule has 1 aromatic heterocycles. The number of halogens is 3. The van der Waals surface area contributed by atoms with Crippen LogP contribution in [-0.4, -0.2) is 46.1 Å². The van der Waals surface area contributed by atoms with Gasteiger partial charge in [-0.2, -0.15) is 13.2 Å². The molecule has 0 aliphatic rings. The minimum absolute atomic E-state index is 0.0203. The van der Waals surface area contributed by atoms with Gasteiger partial charge in [-0.05, 0) is 43.7 Å². The summed E-state index contributed by atoms with van der Waals surface area (Å²) in [4.78, 5) is 25.3. The number of fused-ring (bicyclic) bond motifs is 1. The molecule has 0 bridgehead atoms. The van der Waals surface area contributed by atoms with Crippen LogP contribution in [0, 0.1) is 0 Å². The van der Waals surface area contributed by atoms with E-state index in [2.05, 4.69) is 0 Å². The summed E-state index contributed by atoms with van der Waals surface area (Å²) in [6.45, 7) is 3.94. The maximum Gasteiger partial charge on any atom is 0.450 e. The van der Waals surface area contributed by atoms with Gasteiger partial charge in [-0.15, -0.1) is 0 Å². The molecule has 3 rings (SSSR count). The predicted molar refractivity (Wildman–Crippen MR) is 124 cm³/mol. The van der Waals surface area contributed by atoms with Gasteiger partial charge in [0, 0.05) is 12.7 Å². The first kappa shape index (κ1) is 26.9. The number of ether oxygens (including phenoxy) is 5. The number of benzene rings is 2. The summed E-state index contributed by atoms with van der Waals surface area (Å²) >= 11 is 0. The summed E-state index contributed by atoms with van der Waals surface area (Å²) in [5.41, 5.74) is -1.98. The molecule has 0 saturated carbocycles. The Morgan fingerprint density at radius 2 is 1.75 bits per heavy atom. The first-order valence-electron chi connectivity index (χ1n) is 10.9. The summed E-state index contributed by atoms with van der Waals surface area (Å²) in [6.07, 6.45) is -6.05. The monoisotopic (exact) mass is 510 g/mol. The van der Waals surface area contributed by atoms with Crippen LogP contribution in [-0.2, 0) is 20.4 Å². The Morgan fingerprint density at radius 3 is 2.39 bits per heavy atom. The predicted octanol–water partition coefficient (Wildman–Crippen LogP) is 4.84. The first-order chi connectivity index (χ1) is 17.1. The standard InChI is InChI=1S/C25H25F3O8/c1-5-33-10-11-34-24(30)14(2)35-16-7-8-17-19(13-16)36-23(25(26,27)28)21(22(17)29)15-6-9-18(31-3)20(12-15)32-4/h6-9,12-14H,5,10-11H2,1-4H3. The third-order valence-electron chi connectivity index (χ3n) is 5.11. The van der Waals surface area contributed by atoms with Gasteiger partial charge in [0.1, 0.15) is 17.9 Å². The van der Waals surface area contributed by atoms with Crippen molar-refractivity contribution in [2.75, 3.05) is 34.0 Å². The van der Waals surface area contributed by atoms with Gasteiger partial charge in [0.05, 0.1) is 31.8 Å². The van der Waals surface area contributed by atoms with Gasteiger partial charge in [-0.3, -0.25) is 4.79 Å². The van der Waals surface area contributed by atoms with Crippen molar-refractivity contribution in [3.63, 3.8) is 0 Å². The zero-order chi connectivity index (χ0) is 26.5. The second kappa shape index (κ2) is 11.3. The fourth-order valence-electron chi connectivity index (χ4n) is 3.42. The highest BCUT2D eigenvalue weighted by molar-refractivity contribution is 5.84. The smallest absolute Gasteiger partial charge is 0.450 e. The van der Waals surface area contributed by atoms with Crippen molar-refractivity contribution in [3.05, 3.63) is 52.4 Å². The molecule has 0 amide bonds. The van der Waals surface area contributed by atoms with Crippen LogP contribution in [0.15, 0.2) is 45.6 Å². The molecular formula is C25H25F3O8. The highest BCUT2D eigenvalue weighted by Crippen LogP contribution is 2.40. The van der Waals surface area contributed by atoms with Crippen molar-refractivity contribution in [2.24, 2.45) is 0 Å². The molecule has 1 heterocycles. The van der Waals surface area contributed by atoms with E-state index >= 15 is 0 Å². The van der Waals surface area contributed by atoms with Crippen LogP contribution in [0.3, 0.4) is 0 Å². The maximum absolute atomic E-state index is 14.0. The number of carbonyl (C=O) groups is 1. The van der Waals surface area contributed by atoms with Crippen molar-refractivity contribution in [2.45, 2.75) is 26.1 Å². The Hall–Kier alpha value is -3.73. The molecule has 0 fully saturated rings. The van der Waals surface area contributed by atoms with E-state index in [1.54, 1.807) is 6.92 Å². The van der Waals surface area contributed by atoms with Crippen molar-refractivity contribution >= 4 is 16.9 Å². The van der Waals surface area contributed by atoms with Crippen molar-refractivity contribution in [3.8, 4) is 28.4 Å². The first-order valence-corrected chi connectivity index (χ1v) is 10.9. The number of methoxy groups -OCH3 is 2. The lowest BCUT2D eigenvalue weighted by Crippen LogP contribution is -2.27. The molecule has 0 saturated heterocycles. The van der Waals surface area contributed by atoms with Gasteiger partial charge in [0.25, 0.3) is 0 Å². The van der Waals surface area contributed by atoms with E-state index in [1.807, 2.05) is 0 Å². The molecule has 0 radical (unpaired) electrons. The number of hydrogen-bond donors (Lipinski definition) is 0. The van der Waals surface area contributed by atoms with Crippen LogP contribution >= 0.6 is 0 Å². The van der Waals surface area contributed by atoms with Crippen LogP contribution < -0.4 is 19.6 Å². The lowest BCUT2D eigenvalue weighted by molar-refractivity contribution is -0.152. The Balaban J connectivity index is 2.01. The lowest BCUT2D eigenvalue weighted by Gasteiger charge is -2.16. The second-order valence-electron chi connectivity index (χ2n) is 7.49. The van der Waals surface area contributed by atoms with Crippen molar-refractivity contribution in [1.82, 2.24) is 0 Å². The minimum atomic E-state index is -4.98. The van der Waals surface area contributed by atoms with Crippen LogP contribution in [0.25, 0.3) is 22.1 Å². The Bertz CT molecular complexity index is 1280. The van der Waals surface area contributed by atoms with E-state index in [0.717, 1.165) is 6.07 Å². The summed E-state index contributed by atoms with van der Waals surface area (Å²) in [7, 11) is 2.70. The largest absolute Gasteiger partial charge is 0.493 e. The van der Waals surface area contributed by atoms with E-state index in [-0.39, 0.29) is 47.0 Å². The van der Waals surface area contributed by atoms with E-state index in [1.165, 1.54) is 51.5 Å². The molecule has 1 atom stereocenters. The normalized spacial score (nSPS) is 12.3. The van der Waals surface area contributed by atoms with E-state index in [9.17, 15) is 22.8 Å². The Morgan fingerprint density at radius 1 is 1.03 bits per heavy atom. The van der Waals surface area contributed by atoms with Gasteiger partial charge in [-0.1, -0.05) is 6.07 Å². The fourth-order valence-corrected chi connectivity index (χ4v) is 3.42. The third kappa shape index (κ3) is 5.91.